The minimum Gasteiger partial charge on any atom is -1.00 e. The molecule has 4 nitrogen and oxygen atoms in total. The average molecular weight is 227 g/mol. The molecule has 0 bridgehead atoms. The second-order valence-electron chi connectivity index (χ2n) is 3.84. The quantitative estimate of drug-likeness (QED) is 0.581. The molecule has 5 heteroatoms. The summed E-state index contributed by atoms with van der Waals surface area (Å²) in [6, 6.07) is 0. The van der Waals surface area contributed by atoms with E-state index in [1.54, 1.807) is 13.0 Å². The second kappa shape index (κ2) is 8.99. The van der Waals surface area contributed by atoms with Gasteiger partial charge >= 0.3 is 0 Å². The van der Waals surface area contributed by atoms with Gasteiger partial charge in [0, 0.05) is 0 Å². The number of quaternary nitrogens is 2. The van der Waals surface area contributed by atoms with Crippen LogP contribution < -0.4 is 29.8 Å². The Balaban J connectivity index is -0.000000167. The molecular formula is C9H23ClN2O2. The number of hydrogen-bond acceptors (Lipinski definition) is 2. The first-order valence-corrected chi connectivity index (χ1v) is 3.73. The van der Waals surface area contributed by atoms with Crippen LogP contribution in [0.1, 0.15) is 34.1 Å². The number of carboxylic acids is 1. The van der Waals surface area contributed by atoms with Gasteiger partial charge in [-0.3, -0.25) is 0 Å². The van der Waals surface area contributed by atoms with E-state index in [2.05, 4.69) is 0 Å². The zero-order valence-corrected chi connectivity index (χ0v) is 10.7. The largest absolute Gasteiger partial charge is 1.00 e. The number of carbonyl (C=O) groups is 1. The highest BCUT2D eigenvalue weighted by molar-refractivity contribution is 5.84. The van der Waals surface area contributed by atoms with Crippen LogP contribution in [0, 0.1) is 5.41 Å². The van der Waals surface area contributed by atoms with E-state index < -0.39 is 5.97 Å². The van der Waals surface area contributed by atoms with Gasteiger partial charge in [0.25, 0.3) is 0 Å². The second-order valence-corrected chi connectivity index (χ2v) is 3.84. The van der Waals surface area contributed by atoms with Crippen LogP contribution in [0.25, 0.3) is 0 Å². The third-order valence-corrected chi connectivity index (χ3v) is 1.33. The van der Waals surface area contributed by atoms with Gasteiger partial charge in [-0.05, 0) is 24.3 Å². The predicted octanol–water partition coefficient (Wildman–Crippen LogP) is -1.12. The molecule has 14 heavy (non-hydrogen) atoms. The van der Waals surface area contributed by atoms with Gasteiger partial charge in [0.05, 0.1) is 5.97 Å². The summed E-state index contributed by atoms with van der Waals surface area (Å²) in [6.45, 7) is 7.72. The van der Waals surface area contributed by atoms with Crippen molar-refractivity contribution in [1.29, 1.82) is 0 Å². The molecule has 0 spiro atoms. The van der Waals surface area contributed by atoms with Crippen LogP contribution in [0.5, 0.6) is 0 Å². The Morgan fingerprint density at radius 3 is 1.71 bits per heavy atom. The van der Waals surface area contributed by atoms with E-state index >= 15 is 0 Å². The van der Waals surface area contributed by atoms with Crippen molar-refractivity contribution in [1.82, 2.24) is 12.3 Å². The molecule has 88 valence electrons. The summed E-state index contributed by atoms with van der Waals surface area (Å²) in [7, 11) is 0. The van der Waals surface area contributed by atoms with E-state index in [9.17, 15) is 9.90 Å². The smallest absolute Gasteiger partial charge is 0.0671 e. The molecule has 0 rings (SSSR count). The molecule has 0 amide bonds. The first kappa shape index (κ1) is 23.3. The fourth-order valence-electron chi connectivity index (χ4n) is 0.863. The summed E-state index contributed by atoms with van der Waals surface area (Å²) in [6.07, 6.45) is 2.16. The van der Waals surface area contributed by atoms with Crippen molar-refractivity contribution in [2.75, 3.05) is 0 Å². The Labute approximate surface area is 92.3 Å². The molecule has 0 heterocycles. The molecular weight excluding hydrogens is 204 g/mol. The predicted molar refractivity (Wildman–Crippen MR) is 54.8 cm³/mol. The Hall–Kier alpha value is -0.580. The molecule has 0 saturated carbocycles. The van der Waals surface area contributed by atoms with Crippen LogP contribution in [0.3, 0.4) is 0 Å². The Morgan fingerprint density at radius 2 is 1.64 bits per heavy atom. The maximum Gasteiger partial charge on any atom is 0.0671 e. The summed E-state index contributed by atoms with van der Waals surface area (Å²) >= 11 is 0. The van der Waals surface area contributed by atoms with Gasteiger partial charge in [-0.15, -0.1) is 0 Å². The van der Waals surface area contributed by atoms with Crippen LogP contribution in [0.4, 0.5) is 0 Å². The molecule has 0 unspecified atom stereocenters. The van der Waals surface area contributed by atoms with Crippen molar-refractivity contribution in [2.24, 2.45) is 5.41 Å². The number of hydrogen-bond donors (Lipinski definition) is 2. The highest BCUT2D eigenvalue weighted by Crippen LogP contribution is 2.23. The zero-order chi connectivity index (χ0) is 9.07. The van der Waals surface area contributed by atoms with Crippen molar-refractivity contribution in [3.05, 3.63) is 11.6 Å². The van der Waals surface area contributed by atoms with Crippen molar-refractivity contribution in [3.8, 4) is 0 Å². The van der Waals surface area contributed by atoms with Crippen molar-refractivity contribution < 1.29 is 22.3 Å². The monoisotopic (exact) mass is 226 g/mol. The number of aliphatic carboxylic acids is 1. The van der Waals surface area contributed by atoms with Crippen LogP contribution in [-0.4, -0.2) is 5.97 Å². The summed E-state index contributed by atoms with van der Waals surface area (Å²) in [5.74, 6) is -1.05. The number of rotatable bonds is 2. The van der Waals surface area contributed by atoms with E-state index in [0.29, 0.717) is 12.0 Å². The number of halogens is 1. The van der Waals surface area contributed by atoms with E-state index in [1.807, 2.05) is 20.8 Å². The van der Waals surface area contributed by atoms with Crippen molar-refractivity contribution in [2.45, 2.75) is 34.1 Å². The SMILES string of the molecule is CC=C(CC(C)(C)C)C(=O)[O-].[Cl-].[NH4+].[NH4+]. The maximum absolute atomic E-state index is 10.4. The molecule has 0 atom stereocenters. The Bertz CT molecular complexity index is 186. The van der Waals surface area contributed by atoms with Crippen molar-refractivity contribution >= 4 is 5.97 Å². The topological polar surface area (TPSA) is 113 Å². The van der Waals surface area contributed by atoms with Gasteiger partial charge < -0.3 is 34.6 Å². The van der Waals surface area contributed by atoms with Crippen molar-refractivity contribution in [3.63, 3.8) is 0 Å². The molecule has 0 aliphatic carbocycles. The zero-order valence-electron chi connectivity index (χ0n) is 9.98. The lowest BCUT2D eigenvalue weighted by molar-refractivity contribution is -0.299. The molecule has 0 saturated heterocycles. The van der Waals surface area contributed by atoms with E-state index in [4.69, 9.17) is 0 Å². The fourth-order valence-corrected chi connectivity index (χ4v) is 0.863. The molecule has 0 aliphatic rings. The molecule has 0 aliphatic heterocycles. The first-order chi connectivity index (χ1) is 4.87. The Kier molecular flexibility index (Phi) is 15.0. The van der Waals surface area contributed by atoms with Gasteiger partial charge in [0.15, 0.2) is 0 Å². The van der Waals surface area contributed by atoms with E-state index in [0.717, 1.165) is 0 Å². The first-order valence-electron chi connectivity index (χ1n) is 3.73. The lowest BCUT2D eigenvalue weighted by Gasteiger charge is -2.20. The van der Waals surface area contributed by atoms with Gasteiger partial charge in [-0.25, -0.2) is 0 Å². The molecule has 0 aromatic rings. The third-order valence-electron chi connectivity index (χ3n) is 1.33. The molecule has 0 aromatic carbocycles. The number of carboxylic acid groups (broad SMARTS) is 1. The van der Waals surface area contributed by atoms with Crippen LogP contribution in [-0.2, 0) is 4.79 Å². The van der Waals surface area contributed by atoms with Gasteiger partial charge in [-0.1, -0.05) is 26.8 Å². The van der Waals surface area contributed by atoms with Crippen LogP contribution >= 0.6 is 0 Å². The van der Waals surface area contributed by atoms with Gasteiger partial charge in [-0.2, -0.15) is 0 Å². The molecule has 0 fully saturated rings. The Morgan fingerprint density at radius 1 is 1.29 bits per heavy atom. The average Bonchev–Trinajstić information content (AvgIpc) is 1.80. The fraction of sp³-hybridized carbons (Fsp3) is 0.667. The highest BCUT2D eigenvalue weighted by Gasteiger charge is 2.12. The standard InChI is InChI=1S/C9H16O2.ClH.2H3N/c1-5-7(8(10)11)6-9(2,3)4;;;/h5H,6H2,1-4H3,(H,10,11);1H;2*1H3. The van der Waals surface area contributed by atoms with Crippen LogP contribution in [0.2, 0.25) is 0 Å². The minimum absolute atomic E-state index is 0. The summed E-state index contributed by atoms with van der Waals surface area (Å²) in [4.78, 5) is 10.4. The number of carbonyl (C=O) groups excluding carboxylic acids is 1. The molecule has 0 aromatic heterocycles. The molecule has 0 radical (unpaired) electrons. The summed E-state index contributed by atoms with van der Waals surface area (Å²) in [5, 5.41) is 10.4. The van der Waals surface area contributed by atoms with E-state index in [-0.39, 0.29) is 30.1 Å². The van der Waals surface area contributed by atoms with Gasteiger partial charge in [0.2, 0.25) is 0 Å². The third kappa shape index (κ3) is 11.4. The summed E-state index contributed by atoms with van der Waals surface area (Å²) in [5.41, 5.74) is 0.402. The molecule has 8 N–H and O–H groups in total. The number of allylic oxidation sites excluding steroid dienone is 1. The lowest BCUT2D eigenvalue weighted by Crippen LogP contribution is -3.00. The summed E-state index contributed by atoms with van der Waals surface area (Å²) < 4.78 is 0. The van der Waals surface area contributed by atoms with E-state index in [1.165, 1.54) is 0 Å². The van der Waals surface area contributed by atoms with Gasteiger partial charge in [0.1, 0.15) is 0 Å². The lowest BCUT2D eigenvalue weighted by atomic mass is 9.88. The normalized spacial score (nSPS) is 10.4. The van der Waals surface area contributed by atoms with Crippen LogP contribution in [0.15, 0.2) is 11.6 Å². The maximum atomic E-state index is 10.4. The highest BCUT2D eigenvalue weighted by atomic mass is 35.5. The minimum atomic E-state index is -1.05.